The van der Waals surface area contributed by atoms with Crippen LogP contribution in [0.15, 0.2) is 30.6 Å². The highest BCUT2D eigenvalue weighted by molar-refractivity contribution is 6.66. The zero-order chi connectivity index (χ0) is 17.4. The fourth-order valence-electron chi connectivity index (χ4n) is 1.91. The molecule has 1 aromatic heterocycles. The summed E-state index contributed by atoms with van der Waals surface area (Å²) in [7, 11) is 0. The van der Waals surface area contributed by atoms with Crippen molar-refractivity contribution in [3.63, 3.8) is 0 Å². The van der Waals surface area contributed by atoms with Gasteiger partial charge in [-0.2, -0.15) is 0 Å². The molecule has 0 saturated carbocycles. The molecule has 1 aromatic carbocycles. The van der Waals surface area contributed by atoms with E-state index in [-0.39, 0.29) is 5.82 Å². The molecule has 0 unspecified atom stereocenters. The molecule has 0 aliphatic heterocycles. The summed E-state index contributed by atoms with van der Waals surface area (Å²) in [6.07, 6.45) is 8.37. The Bertz CT molecular complexity index is 670. The predicted octanol–water partition coefficient (Wildman–Crippen LogP) is 5.44. The Kier molecular flexibility index (Phi) is 7.28. The number of unbranched alkanes of at least 4 members (excludes halogenated alkanes) is 2. The van der Waals surface area contributed by atoms with Gasteiger partial charge in [0, 0.05) is 0 Å². The van der Waals surface area contributed by atoms with Crippen molar-refractivity contribution < 1.29 is 4.74 Å². The van der Waals surface area contributed by atoms with Gasteiger partial charge < -0.3 is 4.74 Å². The van der Waals surface area contributed by atoms with Crippen LogP contribution in [0, 0.1) is 0 Å². The molecule has 24 heavy (non-hydrogen) atoms. The van der Waals surface area contributed by atoms with Gasteiger partial charge in [-0.1, -0.05) is 72.8 Å². The summed E-state index contributed by atoms with van der Waals surface area (Å²) < 4.78 is 4.01. The fourth-order valence-corrected chi connectivity index (χ4v) is 2.19. The highest BCUT2D eigenvalue weighted by Gasteiger charge is 2.26. The van der Waals surface area contributed by atoms with Crippen molar-refractivity contribution in [1.82, 2.24) is 15.0 Å². The van der Waals surface area contributed by atoms with Gasteiger partial charge >= 0.3 is 0 Å². The number of aromatic nitrogens is 3. The third-order valence-corrected chi connectivity index (χ3v) is 3.67. The Balaban J connectivity index is 1.97. The van der Waals surface area contributed by atoms with E-state index in [0.717, 1.165) is 24.3 Å². The first-order valence-electron chi connectivity index (χ1n) is 7.66. The van der Waals surface area contributed by atoms with Gasteiger partial charge in [0.1, 0.15) is 12.1 Å². The van der Waals surface area contributed by atoms with Crippen molar-refractivity contribution in [2.75, 3.05) is 6.61 Å². The Hall–Kier alpha value is -1.36. The second kappa shape index (κ2) is 9.21. The van der Waals surface area contributed by atoms with Crippen LogP contribution in [0.1, 0.15) is 43.4 Å². The third-order valence-electron chi connectivity index (χ3n) is 3.17. The molecule has 0 saturated heterocycles. The van der Waals surface area contributed by atoms with Crippen molar-refractivity contribution in [2.24, 2.45) is 0 Å². The Morgan fingerprint density at radius 1 is 1.04 bits per heavy atom. The van der Waals surface area contributed by atoms with Crippen LogP contribution < -0.4 is 4.74 Å². The van der Waals surface area contributed by atoms with Crippen LogP contribution in [0.3, 0.4) is 0 Å². The monoisotopic (exact) mass is 385 g/mol. The number of benzene rings is 1. The van der Waals surface area contributed by atoms with Gasteiger partial charge in [-0.25, -0.2) is 15.0 Å². The number of nitrogens with zero attached hydrogens (tertiary/aromatic N) is 3. The quantitative estimate of drug-likeness (QED) is 0.470. The standard InChI is InChI=1S/C17H18Cl3N3O/c1-2-3-4-11-24-14-8-5-13(6-9-14)7-10-15-21-12-22-16(23-15)17(18,19)20/h5-10,12H,2-4,11H2,1H3. The minimum absolute atomic E-state index is 0.0953. The molecule has 0 N–H and O–H groups in total. The van der Waals surface area contributed by atoms with Crippen LogP contribution in [-0.2, 0) is 3.79 Å². The van der Waals surface area contributed by atoms with E-state index in [1.165, 1.54) is 19.2 Å². The first-order valence-corrected chi connectivity index (χ1v) is 8.79. The number of halogens is 3. The van der Waals surface area contributed by atoms with Crippen LogP contribution >= 0.6 is 34.8 Å². The average molecular weight is 387 g/mol. The maximum absolute atomic E-state index is 5.77. The lowest BCUT2D eigenvalue weighted by Gasteiger charge is -2.08. The summed E-state index contributed by atoms with van der Waals surface area (Å²) in [6.45, 7) is 2.91. The fraction of sp³-hybridized carbons (Fsp3) is 0.353. The van der Waals surface area contributed by atoms with Gasteiger partial charge in [-0.15, -0.1) is 0 Å². The summed E-state index contributed by atoms with van der Waals surface area (Å²) in [5.41, 5.74) is 0.992. The first-order chi connectivity index (χ1) is 11.5. The largest absolute Gasteiger partial charge is 0.494 e. The summed E-state index contributed by atoms with van der Waals surface area (Å²) in [6, 6.07) is 7.79. The van der Waals surface area contributed by atoms with Crippen LogP contribution in [0.2, 0.25) is 0 Å². The van der Waals surface area contributed by atoms with Crippen LogP contribution in [0.5, 0.6) is 5.75 Å². The minimum Gasteiger partial charge on any atom is -0.494 e. The maximum Gasteiger partial charge on any atom is 0.250 e. The molecule has 0 fully saturated rings. The number of ether oxygens (including phenoxy) is 1. The molecule has 0 bridgehead atoms. The smallest absolute Gasteiger partial charge is 0.250 e. The molecule has 2 rings (SSSR count). The summed E-state index contributed by atoms with van der Waals surface area (Å²) in [5.74, 6) is 1.38. The summed E-state index contributed by atoms with van der Waals surface area (Å²) in [4.78, 5) is 12.0. The van der Waals surface area contributed by atoms with Crippen molar-refractivity contribution >= 4 is 47.0 Å². The van der Waals surface area contributed by atoms with Crippen LogP contribution in [0.4, 0.5) is 0 Å². The molecular formula is C17H18Cl3N3O. The first kappa shape index (κ1) is 19.0. The molecule has 0 spiro atoms. The molecule has 0 radical (unpaired) electrons. The van der Waals surface area contributed by atoms with Gasteiger partial charge in [0.25, 0.3) is 0 Å². The van der Waals surface area contributed by atoms with Crippen LogP contribution in [0.25, 0.3) is 12.2 Å². The number of rotatable bonds is 7. The summed E-state index contributed by atoms with van der Waals surface area (Å²) >= 11 is 17.3. The van der Waals surface area contributed by atoms with E-state index in [1.54, 1.807) is 6.08 Å². The molecular weight excluding hydrogens is 369 g/mol. The summed E-state index contributed by atoms with van der Waals surface area (Å²) in [5, 5.41) is 0. The van der Waals surface area contributed by atoms with Gasteiger partial charge in [-0.3, -0.25) is 0 Å². The lowest BCUT2D eigenvalue weighted by molar-refractivity contribution is 0.306. The van der Waals surface area contributed by atoms with Crippen molar-refractivity contribution in [2.45, 2.75) is 30.0 Å². The molecule has 4 nitrogen and oxygen atoms in total. The molecule has 7 heteroatoms. The van der Waals surface area contributed by atoms with E-state index in [9.17, 15) is 0 Å². The Morgan fingerprint density at radius 3 is 2.46 bits per heavy atom. The predicted molar refractivity (Wildman–Crippen MR) is 99.5 cm³/mol. The van der Waals surface area contributed by atoms with E-state index in [4.69, 9.17) is 39.5 Å². The normalized spacial score (nSPS) is 11.8. The zero-order valence-electron chi connectivity index (χ0n) is 13.3. The second-order valence-corrected chi connectivity index (χ2v) is 7.40. The number of hydrogen-bond donors (Lipinski definition) is 0. The molecule has 2 aromatic rings. The number of alkyl halides is 3. The van der Waals surface area contributed by atoms with Crippen LogP contribution in [-0.4, -0.2) is 21.6 Å². The third kappa shape index (κ3) is 6.27. The minimum atomic E-state index is -1.66. The van der Waals surface area contributed by atoms with Gasteiger partial charge in [-0.05, 0) is 30.2 Å². The van der Waals surface area contributed by atoms with Gasteiger partial charge in [0.15, 0.2) is 11.6 Å². The Labute approximate surface area is 156 Å². The Morgan fingerprint density at radius 2 is 1.79 bits per heavy atom. The zero-order valence-corrected chi connectivity index (χ0v) is 15.5. The van der Waals surface area contributed by atoms with Crippen molar-refractivity contribution in [1.29, 1.82) is 0 Å². The number of hydrogen-bond acceptors (Lipinski definition) is 4. The van der Waals surface area contributed by atoms with E-state index in [1.807, 2.05) is 30.3 Å². The maximum atomic E-state index is 5.77. The van der Waals surface area contributed by atoms with E-state index >= 15 is 0 Å². The van der Waals surface area contributed by atoms with Crippen molar-refractivity contribution in [3.8, 4) is 5.75 Å². The SMILES string of the molecule is CCCCCOc1ccc(C=Cc2ncnc(C(Cl)(Cl)Cl)n2)cc1. The highest BCUT2D eigenvalue weighted by atomic mass is 35.6. The molecule has 0 aliphatic rings. The molecule has 128 valence electrons. The molecule has 0 amide bonds. The van der Waals surface area contributed by atoms with E-state index in [2.05, 4.69) is 21.9 Å². The lowest BCUT2D eigenvalue weighted by Crippen LogP contribution is -2.08. The van der Waals surface area contributed by atoms with Gasteiger partial charge in [0.2, 0.25) is 3.79 Å². The average Bonchev–Trinajstić information content (AvgIpc) is 2.57. The molecule has 0 aliphatic carbocycles. The van der Waals surface area contributed by atoms with E-state index in [0.29, 0.717) is 5.82 Å². The lowest BCUT2D eigenvalue weighted by atomic mass is 10.2. The van der Waals surface area contributed by atoms with Crippen molar-refractivity contribution in [3.05, 3.63) is 47.8 Å². The topological polar surface area (TPSA) is 47.9 Å². The van der Waals surface area contributed by atoms with E-state index < -0.39 is 3.79 Å². The van der Waals surface area contributed by atoms with Gasteiger partial charge in [0.05, 0.1) is 6.61 Å². The second-order valence-electron chi connectivity index (χ2n) is 5.12. The molecule has 1 heterocycles. The molecule has 0 atom stereocenters. The highest BCUT2D eigenvalue weighted by Crippen LogP contribution is 2.35.